The Morgan fingerprint density at radius 2 is 2.16 bits per heavy atom. The molecule has 1 unspecified atom stereocenters. The molecule has 3 heteroatoms. The highest BCUT2D eigenvalue weighted by atomic mass is 19.1. The third kappa shape index (κ3) is 2.37. The summed E-state index contributed by atoms with van der Waals surface area (Å²) in [5.74, 6) is 0.541. The number of hydrogen-bond acceptors (Lipinski definition) is 2. The van der Waals surface area contributed by atoms with Crippen molar-refractivity contribution in [3.05, 3.63) is 42.4 Å². The molecule has 0 radical (unpaired) electrons. The van der Waals surface area contributed by atoms with Gasteiger partial charge in [0, 0.05) is 18.2 Å². The fourth-order valence-corrected chi connectivity index (χ4v) is 2.79. The van der Waals surface area contributed by atoms with E-state index in [-0.39, 0.29) is 5.82 Å². The Morgan fingerprint density at radius 3 is 2.84 bits per heavy atom. The summed E-state index contributed by atoms with van der Waals surface area (Å²) in [5.41, 5.74) is 1.50. The predicted octanol–water partition coefficient (Wildman–Crippen LogP) is 4.46. The second-order valence-corrected chi connectivity index (χ2v) is 5.18. The Morgan fingerprint density at radius 1 is 1.26 bits per heavy atom. The van der Waals surface area contributed by atoms with Gasteiger partial charge in [-0.05, 0) is 56.5 Å². The molecular formula is C16H18FNO. The van der Waals surface area contributed by atoms with E-state index in [1.54, 1.807) is 12.3 Å². The van der Waals surface area contributed by atoms with Crippen LogP contribution in [0.2, 0.25) is 0 Å². The van der Waals surface area contributed by atoms with Crippen molar-refractivity contribution in [3.63, 3.8) is 0 Å². The van der Waals surface area contributed by atoms with E-state index in [0.717, 1.165) is 24.9 Å². The van der Waals surface area contributed by atoms with Crippen molar-refractivity contribution in [2.24, 2.45) is 0 Å². The van der Waals surface area contributed by atoms with Crippen LogP contribution in [-0.2, 0) is 0 Å². The smallest absolute Gasteiger partial charge is 0.147 e. The van der Waals surface area contributed by atoms with Crippen molar-refractivity contribution < 1.29 is 8.81 Å². The minimum absolute atomic E-state index is 0.164. The average Bonchev–Trinajstić information content (AvgIpc) is 2.94. The molecule has 2 nitrogen and oxygen atoms in total. The molecule has 0 spiro atoms. The molecule has 2 heterocycles. The molecule has 3 rings (SSSR count). The van der Waals surface area contributed by atoms with Gasteiger partial charge in [-0.2, -0.15) is 0 Å². The van der Waals surface area contributed by atoms with Gasteiger partial charge in [-0.3, -0.25) is 0 Å². The van der Waals surface area contributed by atoms with Crippen molar-refractivity contribution in [3.8, 4) is 11.3 Å². The fourth-order valence-electron chi connectivity index (χ4n) is 2.79. The first-order chi connectivity index (χ1) is 9.25. The summed E-state index contributed by atoms with van der Waals surface area (Å²) in [7, 11) is 0. The molecule has 100 valence electrons. The zero-order chi connectivity index (χ0) is 13.2. The van der Waals surface area contributed by atoms with Crippen LogP contribution in [0.1, 0.15) is 26.2 Å². The number of rotatable bonds is 2. The van der Waals surface area contributed by atoms with Crippen molar-refractivity contribution in [2.75, 3.05) is 11.4 Å². The molecule has 1 aromatic heterocycles. The monoisotopic (exact) mass is 259 g/mol. The van der Waals surface area contributed by atoms with Crippen molar-refractivity contribution in [2.45, 2.75) is 32.2 Å². The molecular weight excluding hydrogens is 241 g/mol. The van der Waals surface area contributed by atoms with Gasteiger partial charge >= 0.3 is 0 Å². The lowest BCUT2D eigenvalue weighted by Crippen LogP contribution is -2.37. The van der Waals surface area contributed by atoms with Crippen molar-refractivity contribution >= 4 is 5.69 Å². The quantitative estimate of drug-likeness (QED) is 0.791. The van der Waals surface area contributed by atoms with E-state index >= 15 is 0 Å². The second kappa shape index (κ2) is 5.08. The molecule has 1 fully saturated rings. The third-order valence-electron chi connectivity index (χ3n) is 3.87. The summed E-state index contributed by atoms with van der Waals surface area (Å²) in [5, 5.41) is 0. The van der Waals surface area contributed by atoms with Gasteiger partial charge in [0.25, 0.3) is 0 Å². The Kier molecular flexibility index (Phi) is 3.28. The number of piperidine rings is 1. The van der Waals surface area contributed by atoms with Crippen LogP contribution < -0.4 is 4.90 Å². The molecule has 1 aromatic carbocycles. The lowest BCUT2D eigenvalue weighted by Gasteiger charge is -2.35. The first kappa shape index (κ1) is 12.3. The molecule has 2 aromatic rings. The SMILES string of the molecule is CC1CCCCN1c1ccc(-c2ccco2)cc1F. The van der Waals surface area contributed by atoms with E-state index in [0.29, 0.717) is 17.5 Å². The molecule has 0 aliphatic carbocycles. The molecule has 0 saturated carbocycles. The van der Waals surface area contributed by atoms with Gasteiger partial charge in [0.1, 0.15) is 11.6 Å². The molecule has 1 aliphatic rings. The molecule has 0 N–H and O–H groups in total. The molecule has 1 saturated heterocycles. The van der Waals surface area contributed by atoms with Gasteiger partial charge in [0.15, 0.2) is 0 Å². The van der Waals surface area contributed by atoms with E-state index in [9.17, 15) is 4.39 Å². The molecule has 1 atom stereocenters. The minimum Gasteiger partial charge on any atom is -0.464 e. The number of furan rings is 1. The van der Waals surface area contributed by atoms with E-state index < -0.39 is 0 Å². The zero-order valence-electron chi connectivity index (χ0n) is 11.1. The standard InChI is InChI=1S/C16H18FNO/c1-12-5-2-3-9-18(12)15-8-7-13(11-14(15)17)16-6-4-10-19-16/h4,6-8,10-12H,2-3,5,9H2,1H3. The van der Waals surface area contributed by atoms with Crippen LogP contribution in [0, 0.1) is 5.82 Å². The zero-order valence-corrected chi connectivity index (χ0v) is 11.1. The Bertz CT molecular complexity index is 550. The number of halogens is 1. The van der Waals surface area contributed by atoms with Gasteiger partial charge in [-0.1, -0.05) is 0 Å². The first-order valence-electron chi connectivity index (χ1n) is 6.86. The van der Waals surface area contributed by atoms with Crippen LogP contribution in [0.4, 0.5) is 10.1 Å². The summed E-state index contributed by atoms with van der Waals surface area (Å²) in [4.78, 5) is 2.17. The largest absolute Gasteiger partial charge is 0.464 e. The summed E-state index contributed by atoms with van der Waals surface area (Å²) in [6, 6.07) is 9.44. The Hall–Kier alpha value is -1.77. The van der Waals surface area contributed by atoms with E-state index in [1.165, 1.54) is 6.42 Å². The maximum absolute atomic E-state index is 14.3. The number of hydrogen-bond donors (Lipinski definition) is 0. The lowest BCUT2D eigenvalue weighted by atomic mass is 10.0. The van der Waals surface area contributed by atoms with E-state index in [1.807, 2.05) is 24.3 Å². The molecule has 0 bridgehead atoms. The average molecular weight is 259 g/mol. The van der Waals surface area contributed by atoms with E-state index in [2.05, 4.69) is 11.8 Å². The summed E-state index contributed by atoms with van der Waals surface area (Å²) >= 11 is 0. The summed E-state index contributed by atoms with van der Waals surface area (Å²) < 4.78 is 19.6. The van der Waals surface area contributed by atoms with Gasteiger partial charge in [0.2, 0.25) is 0 Å². The third-order valence-corrected chi connectivity index (χ3v) is 3.87. The highest BCUT2D eigenvalue weighted by Gasteiger charge is 2.21. The van der Waals surface area contributed by atoms with Gasteiger partial charge < -0.3 is 9.32 Å². The molecule has 0 amide bonds. The maximum Gasteiger partial charge on any atom is 0.147 e. The van der Waals surface area contributed by atoms with Crippen LogP contribution in [0.5, 0.6) is 0 Å². The highest BCUT2D eigenvalue weighted by Crippen LogP contribution is 2.30. The van der Waals surface area contributed by atoms with Crippen LogP contribution in [0.25, 0.3) is 11.3 Å². The number of anilines is 1. The van der Waals surface area contributed by atoms with Crippen molar-refractivity contribution in [1.29, 1.82) is 0 Å². The topological polar surface area (TPSA) is 16.4 Å². The molecule has 1 aliphatic heterocycles. The maximum atomic E-state index is 14.3. The first-order valence-corrected chi connectivity index (χ1v) is 6.86. The lowest BCUT2D eigenvalue weighted by molar-refractivity contribution is 0.476. The Labute approximate surface area is 112 Å². The second-order valence-electron chi connectivity index (χ2n) is 5.18. The van der Waals surface area contributed by atoms with Crippen LogP contribution >= 0.6 is 0 Å². The Balaban J connectivity index is 1.91. The minimum atomic E-state index is -0.164. The van der Waals surface area contributed by atoms with Gasteiger partial charge in [0.05, 0.1) is 12.0 Å². The van der Waals surface area contributed by atoms with Crippen LogP contribution in [0.3, 0.4) is 0 Å². The van der Waals surface area contributed by atoms with Gasteiger partial charge in [-0.15, -0.1) is 0 Å². The highest BCUT2D eigenvalue weighted by molar-refractivity contribution is 5.62. The van der Waals surface area contributed by atoms with Crippen molar-refractivity contribution in [1.82, 2.24) is 0 Å². The normalized spacial score (nSPS) is 19.7. The fraction of sp³-hybridized carbons (Fsp3) is 0.375. The van der Waals surface area contributed by atoms with Crippen LogP contribution in [-0.4, -0.2) is 12.6 Å². The number of nitrogens with zero attached hydrogens (tertiary/aromatic N) is 1. The molecule has 19 heavy (non-hydrogen) atoms. The summed E-state index contributed by atoms with van der Waals surface area (Å²) in [6.07, 6.45) is 5.13. The van der Waals surface area contributed by atoms with E-state index in [4.69, 9.17) is 4.42 Å². The summed E-state index contributed by atoms with van der Waals surface area (Å²) in [6.45, 7) is 3.11. The predicted molar refractivity (Wildman–Crippen MR) is 74.8 cm³/mol. The number of benzene rings is 1. The van der Waals surface area contributed by atoms with Crippen LogP contribution in [0.15, 0.2) is 41.0 Å². The van der Waals surface area contributed by atoms with Gasteiger partial charge in [-0.25, -0.2) is 4.39 Å².